The Morgan fingerprint density at radius 1 is 1.10 bits per heavy atom. The highest BCUT2D eigenvalue weighted by Gasteiger charge is 2.18. The molecule has 1 aliphatic carbocycles. The molecule has 0 saturated heterocycles. The van der Waals surface area contributed by atoms with Gasteiger partial charge < -0.3 is 5.32 Å². The molecule has 1 heterocycles. The normalized spacial score (nSPS) is 13.8. The minimum Gasteiger partial charge on any atom is -0.370 e. The van der Waals surface area contributed by atoms with Gasteiger partial charge in [0, 0.05) is 23.4 Å². The fraction of sp³-hybridized carbons (Fsp3) is 0.412. The second-order valence-electron chi connectivity index (χ2n) is 5.46. The Hall–Kier alpha value is -1.97. The van der Waals surface area contributed by atoms with Crippen LogP contribution in [0.1, 0.15) is 37.4 Å². The molecule has 0 saturated carbocycles. The lowest BCUT2D eigenvalue weighted by atomic mass is 9.96. The second kappa shape index (κ2) is 6.20. The third kappa shape index (κ3) is 3.04. The lowest BCUT2D eigenvalue weighted by molar-refractivity contribution is 0.628. The van der Waals surface area contributed by atoms with E-state index in [0.717, 1.165) is 42.9 Å². The van der Waals surface area contributed by atoms with E-state index in [0.29, 0.717) is 5.82 Å². The Labute approximate surface area is 124 Å². The monoisotopic (exact) mass is 285 g/mol. The van der Waals surface area contributed by atoms with Gasteiger partial charge in [0.1, 0.15) is 11.6 Å². The summed E-state index contributed by atoms with van der Waals surface area (Å²) in [5.41, 5.74) is 3.28. The summed E-state index contributed by atoms with van der Waals surface area (Å²) < 4.78 is 13.1. The fourth-order valence-corrected chi connectivity index (χ4v) is 2.71. The van der Waals surface area contributed by atoms with Gasteiger partial charge in [-0.2, -0.15) is 0 Å². The number of anilines is 1. The van der Waals surface area contributed by atoms with Crippen LogP contribution in [0.2, 0.25) is 0 Å². The summed E-state index contributed by atoms with van der Waals surface area (Å²) in [5.74, 6) is 1.41. The molecule has 0 amide bonds. The maximum absolute atomic E-state index is 13.1. The Kier molecular flexibility index (Phi) is 4.13. The van der Waals surface area contributed by atoms with Gasteiger partial charge in [0.2, 0.25) is 0 Å². The van der Waals surface area contributed by atoms with Crippen LogP contribution in [-0.2, 0) is 12.8 Å². The zero-order chi connectivity index (χ0) is 14.7. The van der Waals surface area contributed by atoms with Crippen LogP contribution in [0, 0.1) is 5.82 Å². The van der Waals surface area contributed by atoms with E-state index in [2.05, 4.69) is 17.2 Å². The Bertz CT molecular complexity index is 623. The van der Waals surface area contributed by atoms with Crippen molar-refractivity contribution in [2.75, 3.05) is 11.9 Å². The molecule has 0 fully saturated rings. The highest BCUT2D eigenvalue weighted by atomic mass is 19.1. The molecule has 1 aliphatic rings. The van der Waals surface area contributed by atoms with E-state index in [9.17, 15) is 4.39 Å². The minimum atomic E-state index is -0.235. The Morgan fingerprint density at radius 2 is 1.86 bits per heavy atom. The topological polar surface area (TPSA) is 37.8 Å². The first-order valence-corrected chi connectivity index (χ1v) is 7.67. The average Bonchev–Trinajstić information content (AvgIpc) is 2.53. The van der Waals surface area contributed by atoms with Gasteiger partial charge in [-0.15, -0.1) is 0 Å². The zero-order valence-corrected chi connectivity index (χ0v) is 12.3. The number of benzene rings is 1. The number of nitrogens with one attached hydrogen (secondary N) is 1. The van der Waals surface area contributed by atoms with Gasteiger partial charge in [0.05, 0.1) is 0 Å². The summed E-state index contributed by atoms with van der Waals surface area (Å²) >= 11 is 0. The van der Waals surface area contributed by atoms with E-state index in [1.807, 2.05) is 0 Å². The van der Waals surface area contributed by atoms with Crippen molar-refractivity contribution in [3.05, 3.63) is 41.3 Å². The van der Waals surface area contributed by atoms with Crippen LogP contribution >= 0.6 is 0 Å². The molecule has 3 rings (SSSR count). The number of hydrogen-bond donors (Lipinski definition) is 1. The maximum Gasteiger partial charge on any atom is 0.161 e. The first kappa shape index (κ1) is 14.0. The number of nitrogens with zero attached hydrogens (tertiary/aromatic N) is 2. The van der Waals surface area contributed by atoms with Crippen molar-refractivity contribution in [3.63, 3.8) is 0 Å². The molecule has 0 atom stereocenters. The highest BCUT2D eigenvalue weighted by molar-refractivity contribution is 5.60. The van der Waals surface area contributed by atoms with Gasteiger partial charge in [-0.05, 0) is 56.4 Å². The van der Waals surface area contributed by atoms with Crippen molar-refractivity contribution in [2.24, 2.45) is 0 Å². The molecular weight excluding hydrogens is 265 g/mol. The molecule has 0 bridgehead atoms. The lowest BCUT2D eigenvalue weighted by Crippen LogP contribution is -2.14. The molecule has 2 aromatic rings. The molecule has 21 heavy (non-hydrogen) atoms. The summed E-state index contributed by atoms with van der Waals surface area (Å²) in [6.45, 7) is 3.05. The van der Waals surface area contributed by atoms with E-state index < -0.39 is 0 Å². The molecule has 3 nitrogen and oxygen atoms in total. The lowest BCUT2D eigenvalue weighted by Gasteiger charge is -2.19. The molecule has 1 N–H and O–H groups in total. The van der Waals surface area contributed by atoms with E-state index in [1.165, 1.54) is 30.5 Å². The maximum atomic E-state index is 13.1. The van der Waals surface area contributed by atoms with Crippen molar-refractivity contribution >= 4 is 5.82 Å². The summed E-state index contributed by atoms with van der Waals surface area (Å²) in [6, 6.07) is 6.39. The molecule has 0 radical (unpaired) electrons. The highest BCUT2D eigenvalue weighted by Crippen LogP contribution is 2.28. The number of rotatable bonds is 4. The van der Waals surface area contributed by atoms with E-state index in [-0.39, 0.29) is 5.82 Å². The van der Waals surface area contributed by atoms with Crippen molar-refractivity contribution < 1.29 is 4.39 Å². The van der Waals surface area contributed by atoms with Crippen LogP contribution in [0.4, 0.5) is 10.2 Å². The molecule has 0 spiro atoms. The number of halogens is 1. The molecule has 110 valence electrons. The number of fused-ring (bicyclic) bond motifs is 1. The van der Waals surface area contributed by atoms with Crippen LogP contribution in [0.15, 0.2) is 24.3 Å². The number of hydrogen-bond acceptors (Lipinski definition) is 3. The molecule has 1 aromatic heterocycles. The average molecular weight is 285 g/mol. The molecule has 0 aliphatic heterocycles. The van der Waals surface area contributed by atoms with Crippen LogP contribution in [-0.4, -0.2) is 16.5 Å². The summed E-state index contributed by atoms with van der Waals surface area (Å²) in [6.07, 6.45) is 5.50. The standard InChI is InChI=1S/C17H20FN3/c1-2-11-19-17-14-5-3-4-6-15(14)20-16(21-17)12-7-9-13(18)10-8-12/h7-10H,2-6,11H2,1H3,(H,19,20,21). The molecular formula is C17H20FN3. The van der Waals surface area contributed by atoms with E-state index in [4.69, 9.17) is 4.98 Å². The second-order valence-corrected chi connectivity index (χ2v) is 5.46. The Balaban J connectivity index is 2.02. The van der Waals surface area contributed by atoms with Gasteiger partial charge in [-0.25, -0.2) is 14.4 Å². The summed E-state index contributed by atoms with van der Waals surface area (Å²) in [7, 11) is 0. The van der Waals surface area contributed by atoms with Crippen LogP contribution < -0.4 is 5.32 Å². The summed E-state index contributed by atoms with van der Waals surface area (Å²) in [4.78, 5) is 9.39. The van der Waals surface area contributed by atoms with Crippen LogP contribution in [0.25, 0.3) is 11.4 Å². The first-order valence-electron chi connectivity index (χ1n) is 7.67. The fourth-order valence-electron chi connectivity index (χ4n) is 2.71. The third-order valence-corrected chi connectivity index (χ3v) is 3.83. The van der Waals surface area contributed by atoms with Gasteiger partial charge in [0.15, 0.2) is 5.82 Å². The largest absolute Gasteiger partial charge is 0.370 e. The van der Waals surface area contributed by atoms with Gasteiger partial charge >= 0.3 is 0 Å². The predicted molar refractivity (Wildman–Crippen MR) is 82.8 cm³/mol. The van der Waals surface area contributed by atoms with Crippen molar-refractivity contribution in [1.29, 1.82) is 0 Å². The van der Waals surface area contributed by atoms with Crippen LogP contribution in [0.3, 0.4) is 0 Å². The Morgan fingerprint density at radius 3 is 2.62 bits per heavy atom. The molecule has 0 unspecified atom stereocenters. The van der Waals surface area contributed by atoms with Crippen molar-refractivity contribution in [2.45, 2.75) is 39.0 Å². The first-order chi connectivity index (χ1) is 10.3. The minimum absolute atomic E-state index is 0.235. The molecule has 4 heteroatoms. The third-order valence-electron chi connectivity index (χ3n) is 3.83. The van der Waals surface area contributed by atoms with Crippen LogP contribution in [0.5, 0.6) is 0 Å². The van der Waals surface area contributed by atoms with Gasteiger partial charge in [-0.1, -0.05) is 6.92 Å². The quantitative estimate of drug-likeness (QED) is 0.923. The SMILES string of the molecule is CCCNc1nc(-c2ccc(F)cc2)nc2c1CCCC2. The number of aromatic nitrogens is 2. The zero-order valence-electron chi connectivity index (χ0n) is 12.3. The number of aryl methyl sites for hydroxylation is 1. The smallest absolute Gasteiger partial charge is 0.161 e. The van der Waals surface area contributed by atoms with Crippen molar-refractivity contribution in [3.8, 4) is 11.4 Å². The van der Waals surface area contributed by atoms with E-state index in [1.54, 1.807) is 12.1 Å². The van der Waals surface area contributed by atoms with E-state index >= 15 is 0 Å². The summed E-state index contributed by atoms with van der Waals surface area (Å²) in [5, 5.41) is 3.42. The molecule has 1 aromatic carbocycles. The van der Waals surface area contributed by atoms with Gasteiger partial charge in [-0.3, -0.25) is 0 Å². The van der Waals surface area contributed by atoms with Gasteiger partial charge in [0.25, 0.3) is 0 Å². The predicted octanol–water partition coefficient (Wildman–Crippen LogP) is 3.98. The van der Waals surface area contributed by atoms with Crippen molar-refractivity contribution in [1.82, 2.24) is 9.97 Å².